The molecule has 2 unspecified atom stereocenters. The highest BCUT2D eigenvalue weighted by atomic mass is 16.1. The Morgan fingerprint density at radius 1 is 1.27 bits per heavy atom. The number of nitrogens with two attached hydrogens (primary N) is 1. The van der Waals surface area contributed by atoms with Crippen molar-refractivity contribution in [2.75, 3.05) is 6.54 Å². The van der Waals surface area contributed by atoms with Gasteiger partial charge in [0, 0.05) is 17.4 Å². The van der Waals surface area contributed by atoms with E-state index in [-0.39, 0.29) is 12.3 Å². The quantitative estimate of drug-likeness (QED) is 0.584. The van der Waals surface area contributed by atoms with Crippen molar-refractivity contribution in [2.45, 2.75) is 18.3 Å². The number of Topliss-reactive ketones (excluding diaryl/α,β-unsaturated/α-hetero) is 1. The Morgan fingerprint density at radius 3 is 2.73 bits per heavy atom. The summed E-state index contributed by atoms with van der Waals surface area (Å²) in [6.45, 7) is 0.0999. The molecule has 3 rings (SSSR count). The summed E-state index contributed by atoms with van der Waals surface area (Å²) in [5.41, 5.74) is 8.86. The first-order valence-electron chi connectivity index (χ1n) is 5.35. The van der Waals surface area contributed by atoms with Crippen molar-refractivity contribution in [1.82, 2.24) is 0 Å². The summed E-state index contributed by atoms with van der Waals surface area (Å²) in [6.07, 6.45) is 5.72. The molecule has 0 aromatic heterocycles. The Bertz CT molecular complexity index is 462. The van der Waals surface area contributed by atoms with Crippen LogP contribution in [0.5, 0.6) is 0 Å². The van der Waals surface area contributed by atoms with Gasteiger partial charge in [0.15, 0.2) is 5.78 Å². The van der Waals surface area contributed by atoms with Crippen molar-refractivity contribution in [3.8, 4) is 0 Å². The molecule has 0 heterocycles. The van der Waals surface area contributed by atoms with Crippen LogP contribution in [0.2, 0.25) is 0 Å². The van der Waals surface area contributed by atoms with Crippen molar-refractivity contribution >= 4 is 5.78 Å². The molecule has 2 aliphatic carbocycles. The van der Waals surface area contributed by atoms with Crippen LogP contribution < -0.4 is 5.73 Å². The molecule has 2 nitrogen and oxygen atoms in total. The molecule has 2 atom stereocenters. The lowest BCUT2D eigenvalue weighted by atomic mass is 9.94. The summed E-state index contributed by atoms with van der Waals surface area (Å²) in [7, 11) is 0. The fourth-order valence-electron chi connectivity index (χ4n) is 2.69. The molecule has 2 heteroatoms. The standard InChI is InChI=1S/C13H13NO/c14-7-13(15)10-3-4-11-8-1-2-9(5-8)12(11)6-10/h1-4,6,8-9H,5,7,14H2. The molecule has 2 bridgehead atoms. The molecule has 76 valence electrons. The predicted molar refractivity (Wildman–Crippen MR) is 59.1 cm³/mol. The van der Waals surface area contributed by atoms with Crippen LogP contribution in [0.25, 0.3) is 0 Å². The Balaban J connectivity index is 2.06. The van der Waals surface area contributed by atoms with Gasteiger partial charge in [-0.2, -0.15) is 0 Å². The average Bonchev–Trinajstić information content (AvgIpc) is 2.88. The van der Waals surface area contributed by atoms with Crippen LogP contribution in [0, 0.1) is 0 Å². The average molecular weight is 199 g/mol. The Labute approximate surface area is 88.8 Å². The smallest absolute Gasteiger partial charge is 0.176 e. The molecule has 15 heavy (non-hydrogen) atoms. The van der Waals surface area contributed by atoms with Crippen LogP contribution in [-0.2, 0) is 0 Å². The maximum atomic E-state index is 11.5. The van der Waals surface area contributed by atoms with Crippen LogP contribution in [0.4, 0.5) is 0 Å². The van der Waals surface area contributed by atoms with E-state index in [0.29, 0.717) is 11.8 Å². The molecule has 0 spiro atoms. The highest BCUT2D eigenvalue weighted by Gasteiger charge is 2.32. The van der Waals surface area contributed by atoms with Crippen LogP contribution in [0.15, 0.2) is 30.4 Å². The van der Waals surface area contributed by atoms with E-state index in [1.54, 1.807) is 0 Å². The fraction of sp³-hybridized carbons (Fsp3) is 0.308. The molecule has 2 aliphatic rings. The lowest BCUT2D eigenvalue weighted by molar-refractivity contribution is 0.100. The Kier molecular flexibility index (Phi) is 1.80. The van der Waals surface area contributed by atoms with Gasteiger partial charge in [-0.1, -0.05) is 24.3 Å². The molecule has 0 aliphatic heterocycles. The van der Waals surface area contributed by atoms with Crippen molar-refractivity contribution in [3.05, 3.63) is 47.0 Å². The SMILES string of the molecule is NCC(=O)c1ccc2c(c1)C1C=CC2C1. The highest BCUT2D eigenvalue weighted by Crippen LogP contribution is 2.48. The zero-order chi connectivity index (χ0) is 10.4. The number of ketones is 1. The summed E-state index contributed by atoms with van der Waals surface area (Å²) in [5.74, 6) is 1.16. The first kappa shape index (κ1) is 8.86. The summed E-state index contributed by atoms with van der Waals surface area (Å²) in [4.78, 5) is 11.5. The van der Waals surface area contributed by atoms with Gasteiger partial charge in [-0.25, -0.2) is 0 Å². The van der Waals surface area contributed by atoms with E-state index in [2.05, 4.69) is 18.2 Å². The first-order chi connectivity index (χ1) is 7.29. The van der Waals surface area contributed by atoms with E-state index in [0.717, 1.165) is 5.56 Å². The molecule has 1 aromatic carbocycles. The fourth-order valence-corrected chi connectivity index (χ4v) is 2.69. The topological polar surface area (TPSA) is 43.1 Å². The molecular weight excluding hydrogens is 186 g/mol. The molecule has 0 radical (unpaired) electrons. The Hall–Kier alpha value is -1.41. The Morgan fingerprint density at radius 2 is 2.00 bits per heavy atom. The molecule has 0 amide bonds. The summed E-state index contributed by atoms with van der Waals surface area (Å²) >= 11 is 0. The lowest BCUT2D eigenvalue weighted by Gasteiger charge is -2.11. The summed E-state index contributed by atoms with van der Waals surface area (Å²) in [6, 6.07) is 6.02. The molecule has 0 fully saturated rings. The van der Waals surface area contributed by atoms with Gasteiger partial charge in [-0.3, -0.25) is 4.79 Å². The number of carbonyl (C=O) groups excluding carboxylic acids is 1. The molecular formula is C13H13NO. The summed E-state index contributed by atoms with van der Waals surface area (Å²) in [5, 5.41) is 0. The third kappa shape index (κ3) is 1.18. The minimum absolute atomic E-state index is 0.0320. The molecule has 0 saturated carbocycles. The largest absolute Gasteiger partial charge is 0.324 e. The number of hydrogen-bond donors (Lipinski definition) is 1. The van der Waals surface area contributed by atoms with Gasteiger partial charge in [0.2, 0.25) is 0 Å². The first-order valence-corrected chi connectivity index (χ1v) is 5.35. The van der Waals surface area contributed by atoms with Gasteiger partial charge in [0.1, 0.15) is 0 Å². The van der Waals surface area contributed by atoms with Crippen molar-refractivity contribution in [1.29, 1.82) is 0 Å². The molecule has 0 saturated heterocycles. The molecule has 1 aromatic rings. The van der Waals surface area contributed by atoms with Gasteiger partial charge < -0.3 is 5.73 Å². The number of fused-ring (bicyclic) bond motifs is 5. The third-order valence-corrected chi connectivity index (χ3v) is 3.48. The van der Waals surface area contributed by atoms with Crippen LogP contribution in [-0.4, -0.2) is 12.3 Å². The van der Waals surface area contributed by atoms with Gasteiger partial charge in [0.25, 0.3) is 0 Å². The van der Waals surface area contributed by atoms with Crippen LogP contribution in [0.1, 0.15) is 39.7 Å². The number of benzene rings is 1. The minimum Gasteiger partial charge on any atom is -0.324 e. The van der Waals surface area contributed by atoms with Crippen molar-refractivity contribution < 1.29 is 4.79 Å². The predicted octanol–water partition coefficient (Wildman–Crippen LogP) is 1.97. The van der Waals surface area contributed by atoms with E-state index in [1.165, 1.54) is 17.5 Å². The van der Waals surface area contributed by atoms with Crippen molar-refractivity contribution in [3.63, 3.8) is 0 Å². The number of rotatable bonds is 2. The number of allylic oxidation sites excluding steroid dienone is 2. The highest BCUT2D eigenvalue weighted by molar-refractivity contribution is 5.97. The monoisotopic (exact) mass is 199 g/mol. The molecule has 2 N–H and O–H groups in total. The second kappa shape index (κ2) is 3.04. The van der Waals surface area contributed by atoms with E-state index >= 15 is 0 Å². The normalized spacial score (nSPS) is 25.7. The maximum absolute atomic E-state index is 11.5. The van der Waals surface area contributed by atoms with Gasteiger partial charge in [0.05, 0.1) is 6.54 Å². The van der Waals surface area contributed by atoms with Gasteiger partial charge >= 0.3 is 0 Å². The lowest BCUT2D eigenvalue weighted by Crippen LogP contribution is -2.14. The van der Waals surface area contributed by atoms with Gasteiger partial charge in [-0.05, 0) is 23.6 Å². The van der Waals surface area contributed by atoms with Crippen molar-refractivity contribution in [2.24, 2.45) is 5.73 Å². The van der Waals surface area contributed by atoms with E-state index < -0.39 is 0 Å². The second-order valence-electron chi connectivity index (χ2n) is 4.30. The second-order valence-corrected chi connectivity index (χ2v) is 4.30. The van der Waals surface area contributed by atoms with E-state index in [1.807, 2.05) is 12.1 Å². The zero-order valence-corrected chi connectivity index (χ0v) is 8.44. The van der Waals surface area contributed by atoms with Crippen LogP contribution in [0.3, 0.4) is 0 Å². The zero-order valence-electron chi connectivity index (χ0n) is 8.44. The van der Waals surface area contributed by atoms with Gasteiger partial charge in [-0.15, -0.1) is 0 Å². The van der Waals surface area contributed by atoms with E-state index in [9.17, 15) is 4.79 Å². The number of carbonyl (C=O) groups is 1. The van der Waals surface area contributed by atoms with E-state index in [4.69, 9.17) is 5.73 Å². The summed E-state index contributed by atoms with van der Waals surface area (Å²) < 4.78 is 0. The number of hydrogen-bond acceptors (Lipinski definition) is 2. The van der Waals surface area contributed by atoms with Crippen LogP contribution >= 0.6 is 0 Å². The third-order valence-electron chi connectivity index (χ3n) is 3.48. The maximum Gasteiger partial charge on any atom is 0.176 e. The minimum atomic E-state index is 0.0320.